The average molecular weight is 266 g/mol. The van der Waals surface area contributed by atoms with E-state index in [1.807, 2.05) is 0 Å². The summed E-state index contributed by atoms with van der Waals surface area (Å²) in [4.78, 5) is 13.6. The predicted molar refractivity (Wildman–Crippen MR) is 74.1 cm³/mol. The number of likely N-dealkylation sites (tertiary alicyclic amines) is 1. The predicted octanol–water partition coefficient (Wildman–Crippen LogP) is 1.84. The molecule has 0 spiro atoms. The lowest BCUT2D eigenvalue weighted by atomic mass is 9.86. The third kappa shape index (κ3) is 3.11. The summed E-state index contributed by atoms with van der Waals surface area (Å²) < 4.78 is 0. The molecular formula is C15H26N2O2. The van der Waals surface area contributed by atoms with Gasteiger partial charge in [-0.25, -0.2) is 0 Å². The maximum Gasteiger partial charge on any atom is 0.306 e. The van der Waals surface area contributed by atoms with Crippen LogP contribution >= 0.6 is 0 Å². The summed E-state index contributed by atoms with van der Waals surface area (Å²) in [6, 6.07) is 2.76. The van der Waals surface area contributed by atoms with Gasteiger partial charge in [0.05, 0.1) is 5.92 Å². The topological polar surface area (TPSA) is 52.6 Å². The molecule has 0 aromatic heterocycles. The molecule has 4 heteroatoms. The van der Waals surface area contributed by atoms with Crippen LogP contribution in [0.5, 0.6) is 0 Å². The van der Waals surface area contributed by atoms with E-state index in [0.717, 1.165) is 37.8 Å². The van der Waals surface area contributed by atoms with E-state index < -0.39 is 5.97 Å². The number of nitrogens with one attached hydrogen (secondary N) is 1. The standard InChI is InChI=1S/C15H26N2O2/c1-10-8-13(9-17(10)14-6-7-14)16-12-4-2-11(3-5-12)15(18)19/h10-14,16H,2-9H2,1H3,(H,18,19). The number of carboxylic acid groups (broad SMARTS) is 1. The third-order valence-corrected chi connectivity index (χ3v) is 5.19. The van der Waals surface area contributed by atoms with Crippen LogP contribution in [-0.4, -0.2) is 46.7 Å². The average Bonchev–Trinajstić information content (AvgIpc) is 3.15. The quantitative estimate of drug-likeness (QED) is 0.815. The molecule has 0 bridgehead atoms. The zero-order chi connectivity index (χ0) is 13.4. The molecule has 2 unspecified atom stereocenters. The first kappa shape index (κ1) is 13.4. The van der Waals surface area contributed by atoms with Crippen LogP contribution in [0, 0.1) is 5.92 Å². The Hall–Kier alpha value is -0.610. The fraction of sp³-hybridized carbons (Fsp3) is 0.933. The Labute approximate surface area is 115 Å². The maximum absolute atomic E-state index is 10.9. The minimum Gasteiger partial charge on any atom is -0.481 e. The molecule has 2 N–H and O–H groups in total. The summed E-state index contributed by atoms with van der Waals surface area (Å²) in [6.07, 6.45) is 7.80. The molecule has 4 nitrogen and oxygen atoms in total. The molecule has 2 saturated carbocycles. The van der Waals surface area contributed by atoms with Gasteiger partial charge < -0.3 is 10.4 Å². The van der Waals surface area contributed by atoms with Crippen LogP contribution in [0.4, 0.5) is 0 Å². The van der Waals surface area contributed by atoms with E-state index >= 15 is 0 Å². The number of aliphatic carboxylic acids is 1. The number of carbonyl (C=O) groups is 1. The van der Waals surface area contributed by atoms with E-state index in [2.05, 4.69) is 17.1 Å². The van der Waals surface area contributed by atoms with Crippen LogP contribution in [0.1, 0.15) is 51.9 Å². The second-order valence-corrected chi connectivity index (χ2v) is 6.76. The van der Waals surface area contributed by atoms with Crippen molar-refractivity contribution in [3.8, 4) is 0 Å². The Balaban J connectivity index is 1.44. The molecule has 0 aromatic rings. The Kier molecular flexibility index (Phi) is 3.81. The van der Waals surface area contributed by atoms with Crippen molar-refractivity contribution in [1.82, 2.24) is 10.2 Å². The van der Waals surface area contributed by atoms with Crippen molar-refractivity contribution in [2.45, 2.75) is 76.0 Å². The summed E-state index contributed by atoms with van der Waals surface area (Å²) >= 11 is 0. The fourth-order valence-electron chi connectivity index (χ4n) is 3.93. The molecule has 0 amide bonds. The molecule has 19 heavy (non-hydrogen) atoms. The van der Waals surface area contributed by atoms with Gasteiger partial charge in [-0.3, -0.25) is 9.69 Å². The smallest absolute Gasteiger partial charge is 0.306 e. The van der Waals surface area contributed by atoms with Crippen LogP contribution < -0.4 is 5.32 Å². The van der Waals surface area contributed by atoms with Gasteiger partial charge in [-0.15, -0.1) is 0 Å². The number of hydrogen-bond acceptors (Lipinski definition) is 3. The van der Waals surface area contributed by atoms with Crippen LogP contribution in [0.3, 0.4) is 0 Å². The third-order valence-electron chi connectivity index (χ3n) is 5.19. The molecule has 108 valence electrons. The van der Waals surface area contributed by atoms with Crippen molar-refractivity contribution in [3.05, 3.63) is 0 Å². The minimum atomic E-state index is -0.604. The number of carboxylic acids is 1. The molecule has 1 heterocycles. The fourth-order valence-corrected chi connectivity index (χ4v) is 3.93. The van der Waals surface area contributed by atoms with Gasteiger partial charge in [-0.1, -0.05) is 0 Å². The van der Waals surface area contributed by atoms with Crippen LogP contribution in [0.2, 0.25) is 0 Å². The summed E-state index contributed by atoms with van der Waals surface area (Å²) in [5, 5.41) is 12.8. The highest BCUT2D eigenvalue weighted by Crippen LogP contribution is 2.34. The number of nitrogens with zero attached hydrogens (tertiary/aromatic N) is 1. The second kappa shape index (κ2) is 5.41. The lowest BCUT2D eigenvalue weighted by molar-refractivity contribution is -0.142. The van der Waals surface area contributed by atoms with Gasteiger partial charge in [0.2, 0.25) is 0 Å². The first-order chi connectivity index (χ1) is 9.13. The van der Waals surface area contributed by atoms with Gasteiger partial charge in [0.25, 0.3) is 0 Å². The van der Waals surface area contributed by atoms with E-state index in [1.165, 1.54) is 25.8 Å². The van der Waals surface area contributed by atoms with Gasteiger partial charge in [0, 0.05) is 30.7 Å². The van der Waals surface area contributed by atoms with Crippen molar-refractivity contribution in [1.29, 1.82) is 0 Å². The Bertz CT molecular complexity index is 335. The van der Waals surface area contributed by atoms with Crippen LogP contribution in [0.15, 0.2) is 0 Å². The van der Waals surface area contributed by atoms with Crippen molar-refractivity contribution in [2.75, 3.05) is 6.54 Å². The molecule has 3 rings (SSSR count). The first-order valence-corrected chi connectivity index (χ1v) is 7.88. The largest absolute Gasteiger partial charge is 0.481 e. The number of rotatable bonds is 4. The second-order valence-electron chi connectivity index (χ2n) is 6.76. The van der Waals surface area contributed by atoms with Gasteiger partial charge in [-0.2, -0.15) is 0 Å². The molecule has 0 aromatic carbocycles. The van der Waals surface area contributed by atoms with E-state index in [9.17, 15) is 4.79 Å². The zero-order valence-electron chi connectivity index (χ0n) is 11.8. The van der Waals surface area contributed by atoms with E-state index in [0.29, 0.717) is 12.1 Å². The normalized spacial score (nSPS) is 40.5. The van der Waals surface area contributed by atoms with Gasteiger partial charge in [-0.05, 0) is 51.9 Å². The summed E-state index contributed by atoms with van der Waals surface area (Å²) in [7, 11) is 0. The first-order valence-electron chi connectivity index (χ1n) is 7.88. The van der Waals surface area contributed by atoms with Crippen LogP contribution in [0.25, 0.3) is 0 Å². The summed E-state index contributed by atoms with van der Waals surface area (Å²) in [5.74, 6) is -0.698. The zero-order valence-corrected chi connectivity index (χ0v) is 11.8. The van der Waals surface area contributed by atoms with Gasteiger partial charge >= 0.3 is 5.97 Å². The van der Waals surface area contributed by atoms with E-state index in [1.54, 1.807) is 0 Å². The molecule has 0 radical (unpaired) electrons. The highest BCUT2D eigenvalue weighted by atomic mass is 16.4. The van der Waals surface area contributed by atoms with Crippen molar-refractivity contribution in [2.24, 2.45) is 5.92 Å². The Morgan fingerprint density at radius 2 is 1.79 bits per heavy atom. The van der Waals surface area contributed by atoms with Crippen LogP contribution in [-0.2, 0) is 4.79 Å². The molecule has 3 aliphatic rings. The highest BCUT2D eigenvalue weighted by Gasteiger charge is 2.39. The van der Waals surface area contributed by atoms with E-state index in [4.69, 9.17) is 5.11 Å². The van der Waals surface area contributed by atoms with Crippen molar-refractivity contribution >= 4 is 5.97 Å². The molecular weight excluding hydrogens is 240 g/mol. The SMILES string of the molecule is CC1CC(NC2CCC(C(=O)O)CC2)CN1C1CC1. The Morgan fingerprint density at radius 3 is 2.37 bits per heavy atom. The molecule has 3 fully saturated rings. The Morgan fingerprint density at radius 1 is 1.11 bits per heavy atom. The molecule has 1 saturated heterocycles. The highest BCUT2D eigenvalue weighted by molar-refractivity contribution is 5.70. The van der Waals surface area contributed by atoms with E-state index in [-0.39, 0.29) is 5.92 Å². The molecule has 1 aliphatic heterocycles. The van der Waals surface area contributed by atoms with Gasteiger partial charge in [0.1, 0.15) is 0 Å². The monoisotopic (exact) mass is 266 g/mol. The minimum absolute atomic E-state index is 0.0940. The number of hydrogen-bond donors (Lipinski definition) is 2. The summed E-state index contributed by atoms with van der Waals surface area (Å²) in [6.45, 7) is 3.55. The van der Waals surface area contributed by atoms with Crippen molar-refractivity contribution < 1.29 is 9.90 Å². The summed E-state index contributed by atoms with van der Waals surface area (Å²) in [5.41, 5.74) is 0. The molecule has 2 aliphatic carbocycles. The lowest BCUT2D eigenvalue weighted by Gasteiger charge is -2.29. The lowest BCUT2D eigenvalue weighted by Crippen LogP contribution is -2.42. The molecule has 2 atom stereocenters. The maximum atomic E-state index is 10.9. The van der Waals surface area contributed by atoms with Crippen molar-refractivity contribution in [3.63, 3.8) is 0 Å². The van der Waals surface area contributed by atoms with Gasteiger partial charge in [0.15, 0.2) is 0 Å².